The van der Waals surface area contributed by atoms with E-state index in [0.717, 1.165) is 16.3 Å². The van der Waals surface area contributed by atoms with Gasteiger partial charge in [0, 0.05) is 6.42 Å². The first-order chi connectivity index (χ1) is 9.98. The van der Waals surface area contributed by atoms with Gasteiger partial charge in [-0.3, -0.25) is 4.79 Å². The maximum atomic E-state index is 12.1. The zero-order valence-corrected chi connectivity index (χ0v) is 12.5. The van der Waals surface area contributed by atoms with Crippen molar-refractivity contribution in [3.63, 3.8) is 0 Å². The summed E-state index contributed by atoms with van der Waals surface area (Å²) in [5.74, 6) is -0.855. The van der Waals surface area contributed by atoms with Gasteiger partial charge in [-0.1, -0.05) is 42.5 Å². The minimum absolute atomic E-state index is 0.00141. The Morgan fingerprint density at radius 1 is 1.00 bits per heavy atom. The Balaban J connectivity index is 2.07. The van der Waals surface area contributed by atoms with Crippen LogP contribution in [0.4, 0.5) is 0 Å². The van der Waals surface area contributed by atoms with E-state index in [-0.39, 0.29) is 17.9 Å². The van der Waals surface area contributed by atoms with Crippen molar-refractivity contribution in [1.29, 1.82) is 0 Å². The Hall–Kier alpha value is -1.88. The summed E-state index contributed by atoms with van der Waals surface area (Å²) in [7, 11) is -3.22. The molecule has 1 N–H and O–H groups in total. The molecule has 0 atom stereocenters. The standard InChI is InChI=1S/C16H18O4S/c17-16(18)10-3-4-11-21(19,20)12-14-8-5-7-13-6-1-2-9-15(13)14/h1-2,5-9H,3-4,10-12H2,(H,17,18). The van der Waals surface area contributed by atoms with Crippen molar-refractivity contribution in [2.75, 3.05) is 5.75 Å². The van der Waals surface area contributed by atoms with Gasteiger partial charge in [0.25, 0.3) is 0 Å². The fourth-order valence-corrected chi connectivity index (χ4v) is 3.84. The molecule has 0 aliphatic rings. The molecule has 0 radical (unpaired) electrons. The summed E-state index contributed by atoms with van der Waals surface area (Å²) in [6, 6.07) is 13.3. The van der Waals surface area contributed by atoms with Crippen LogP contribution >= 0.6 is 0 Å². The van der Waals surface area contributed by atoms with E-state index >= 15 is 0 Å². The zero-order chi connectivity index (χ0) is 15.3. The molecule has 0 aliphatic carbocycles. The highest BCUT2D eigenvalue weighted by Gasteiger charge is 2.14. The highest BCUT2D eigenvalue weighted by molar-refractivity contribution is 7.90. The van der Waals surface area contributed by atoms with Gasteiger partial charge in [0.15, 0.2) is 9.84 Å². The summed E-state index contributed by atoms with van der Waals surface area (Å²) in [4.78, 5) is 10.4. The number of fused-ring (bicyclic) bond motifs is 1. The normalized spacial score (nSPS) is 11.6. The van der Waals surface area contributed by atoms with Gasteiger partial charge >= 0.3 is 5.97 Å². The second-order valence-corrected chi connectivity index (χ2v) is 7.27. The molecular formula is C16H18O4S. The molecule has 0 unspecified atom stereocenters. The number of sulfone groups is 1. The molecule has 0 aliphatic heterocycles. The number of rotatable bonds is 7. The zero-order valence-electron chi connectivity index (χ0n) is 11.7. The summed E-state index contributed by atoms with van der Waals surface area (Å²) in [6.07, 6.45) is 0.799. The lowest BCUT2D eigenvalue weighted by molar-refractivity contribution is -0.137. The molecule has 5 heteroatoms. The maximum absolute atomic E-state index is 12.1. The summed E-state index contributed by atoms with van der Waals surface area (Å²) in [5.41, 5.74) is 0.798. The maximum Gasteiger partial charge on any atom is 0.303 e. The molecule has 2 aromatic rings. The second-order valence-electron chi connectivity index (χ2n) is 5.08. The van der Waals surface area contributed by atoms with Gasteiger partial charge < -0.3 is 5.11 Å². The van der Waals surface area contributed by atoms with Gasteiger partial charge in [-0.25, -0.2) is 8.42 Å². The van der Waals surface area contributed by atoms with E-state index in [2.05, 4.69) is 0 Å². The van der Waals surface area contributed by atoms with Gasteiger partial charge in [-0.05, 0) is 29.2 Å². The van der Waals surface area contributed by atoms with E-state index in [1.54, 1.807) is 0 Å². The Morgan fingerprint density at radius 3 is 2.48 bits per heavy atom. The van der Waals surface area contributed by atoms with Crippen molar-refractivity contribution in [3.8, 4) is 0 Å². The van der Waals surface area contributed by atoms with E-state index in [9.17, 15) is 13.2 Å². The van der Waals surface area contributed by atoms with Crippen LogP contribution in [-0.2, 0) is 20.4 Å². The summed E-state index contributed by atoms with van der Waals surface area (Å²) >= 11 is 0. The molecule has 0 heterocycles. The quantitative estimate of drug-likeness (QED) is 0.798. The van der Waals surface area contributed by atoms with Crippen LogP contribution in [-0.4, -0.2) is 25.2 Å². The van der Waals surface area contributed by atoms with E-state index in [4.69, 9.17) is 5.11 Å². The van der Waals surface area contributed by atoms with Crippen LogP contribution in [0.2, 0.25) is 0 Å². The molecule has 112 valence electrons. The van der Waals surface area contributed by atoms with Crippen molar-refractivity contribution in [2.24, 2.45) is 0 Å². The molecule has 0 fully saturated rings. The predicted molar refractivity (Wildman–Crippen MR) is 82.9 cm³/mol. The lowest BCUT2D eigenvalue weighted by Crippen LogP contribution is -2.10. The minimum atomic E-state index is -3.22. The Kier molecular flexibility index (Phi) is 4.96. The Bertz CT molecular complexity index is 730. The SMILES string of the molecule is O=C(O)CCCCS(=O)(=O)Cc1cccc2ccccc12. The van der Waals surface area contributed by atoms with Gasteiger partial charge in [0.1, 0.15) is 0 Å². The third kappa shape index (κ3) is 4.56. The van der Waals surface area contributed by atoms with Crippen LogP contribution in [0, 0.1) is 0 Å². The Labute approximate surface area is 124 Å². The molecule has 0 bridgehead atoms. The smallest absolute Gasteiger partial charge is 0.303 e. The number of hydrogen-bond acceptors (Lipinski definition) is 3. The van der Waals surface area contributed by atoms with Crippen molar-refractivity contribution in [3.05, 3.63) is 48.0 Å². The molecule has 0 aromatic heterocycles. The largest absolute Gasteiger partial charge is 0.481 e. The third-order valence-electron chi connectivity index (χ3n) is 3.35. The average molecular weight is 306 g/mol. The number of aliphatic carboxylic acids is 1. The van der Waals surface area contributed by atoms with Gasteiger partial charge in [-0.15, -0.1) is 0 Å². The van der Waals surface area contributed by atoms with Gasteiger partial charge in [-0.2, -0.15) is 0 Å². The second kappa shape index (κ2) is 6.72. The van der Waals surface area contributed by atoms with Crippen LogP contribution in [0.3, 0.4) is 0 Å². The van der Waals surface area contributed by atoms with Crippen LogP contribution in [0.15, 0.2) is 42.5 Å². The first-order valence-electron chi connectivity index (χ1n) is 6.87. The average Bonchev–Trinajstić information content (AvgIpc) is 2.44. The van der Waals surface area contributed by atoms with Crippen LogP contribution in [0.5, 0.6) is 0 Å². The molecule has 2 rings (SSSR count). The molecule has 0 amide bonds. The van der Waals surface area contributed by atoms with E-state index in [1.807, 2.05) is 42.5 Å². The molecule has 4 nitrogen and oxygen atoms in total. The fraction of sp³-hybridized carbons (Fsp3) is 0.312. The van der Waals surface area contributed by atoms with Crippen molar-refractivity contribution >= 4 is 26.6 Å². The molecule has 0 saturated heterocycles. The van der Waals surface area contributed by atoms with E-state index in [1.165, 1.54) is 0 Å². The van der Waals surface area contributed by atoms with E-state index < -0.39 is 15.8 Å². The molecule has 2 aromatic carbocycles. The number of carboxylic acid groups (broad SMARTS) is 1. The number of hydrogen-bond donors (Lipinski definition) is 1. The first-order valence-corrected chi connectivity index (χ1v) is 8.69. The van der Waals surface area contributed by atoms with Crippen LogP contribution in [0.25, 0.3) is 10.8 Å². The Morgan fingerprint density at radius 2 is 1.71 bits per heavy atom. The predicted octanol–water partition coefficient (Wildman–Crippen LogP) is 3.01. The minimum Gasteiger partial charge on any atom is -0.481 e. The molecule has 0 saturated carbocycles. The number of benzene rings is 2. The van der Waals surface area contributed by atoms with Crippen LogP contribution in [0.1, 0.15) is 24.8 Å². The van der Waals surface area contributed by atoms with Crippen molar-refractivity contribution in [2.45, 2.75) is 25.0 Å². The highest BCUT2D eigenvalue weighted by atomic mass is 32.2. The van der Waals surface area contributed by atoms with Crippen molar-refractivity contribution in [1.82, 2.24) is 0 Å². The topological polar surface area (TPSA) is 71.4 Å². The van der Waals surface area contributed by atoms with Crippen LogP contribution < -0.4 is 0 Å². The fourth-order valence-electron chi connectivity index (χ4n) is 2.33. The lowest BCUT2D eigenvalue weighted by Gasteiger charge is -2.07. The summed E-state index contributed by atoms with van der Waals surface area (Å²) in [6.45, 7) is 0. The monoisotopic (exact) mass is 306 g/mol. The summed E-state index contributed by atoms with van der Waals surface area (Å²) in [5, 5.41) is 10.5. The highest BCUT2D eigenvalue weighted by Crippen LogP contribution is 2.21. The van der Waals surface area contributed by atoms with Gasteiger partial charge in [0.05, 0.1) is 11.5 Å². The van der Waals surface area contributed by atoms with Crippen molar-refractivity contribution < 1.29 is 18.3 Å². The van der Waals surface area contributed by atoms with Gasteiger partial charge in [0.2, 0.25) is 0 Å². The number of unbranched alkanes of at least 4 members (excludes halogenated alkanes) is 1. The number of carboxylic acids is 1. The lowest BCUT2D eigenvalue weighted by atomic mass is 10.1. The molecular weight excluding hydrogens is 288 g/mol. The first kappa shape index (κ1) is 15.5. The third-order valence-corrected chi connectivity index (χ3v) is 5.01. The summed E-state index contributed by atoms with van der Waals surface area (Å²) < 4.78 is 24.3. The molecule has 21 heavy (non-hydrogen) atoms. The molecule has 0 spiro atoms. The van der Waals surface area contributed by atoms with E-state index in [0.29, 0.717) is 12.8 Å². The number of carbonyl (C=O) groups is 1.